The maximum Gasteiger partial charge on any atom is 0.407 e. The second kappa shape index (κ2) is 4.70. The van der Waals surface area contributed by atoms with Gasteiger partial charge in [-0.15, -0.1) is 0 Å². The Labute approximate surface area is 93.8 Å². The quantitative estimate of drug-likeness (QED) is 0.808. The molecule has 0 aliphatic rings. The van der Waals surface area contributed by atoms with E-state index in [0.29, 0.717) is 0 Å². The van der Waals surface area contributed by atoms with Crippen molar-refractivity contribution in [1.82, 2.24) is 0 Å². The number of carbonyl (C=O) groups is 1. The first-order valence-corrected chi connectivity index (χ1v) is 4.54. The number of alkyl halides is 3. The van der Waals surface area contributed by atoms with Crippen molar-refractivity contribution in [2.45, 2.75) is 18.6 Å². The fraction of sp³-hybridized carbons (Fsp3) is 0.300. The van der Waals surface area contributed by atoms with Crippen molar-refractivity contribution in [3.05, 3.63) is 35.1 Å². The molecule has 3 nitrogen and oxygen atoms in total. The molecule has 94 valence electrons. The van der Waals surface area contributed by atoms with Crippen molar-refractivity contribution in [3.8, 4) is 0 Å². The first-order valence-electron chi connectivity index (χ1n) is 4.54. The predicted molar refractivity (Wildman–Crippen MR) is 50.7 cm³/mol. The van der Waals surface area contributed by atoms with E-state index in [1.165, 1.54) is 0 Å². The molecule has 0 amide bonds. The van der Waals surface area contributed by atoms with Crippen molar-refractivity contribution in [1.29, 1.82) is 0 Å². The summed E-state index contributed by atoms with van der Waals surface area (Å²) in [7, 11) is 0. The number of aliphatic carboxylic acids is 1. The Hall–Kier alpha value is -1.63. The summed E-state index contributed by atoms with van der Waals surface area (Å²) in [5.74, 6) is -2.33. The van der Waals surface area contributed by atoms with Crippen molar-refractivity contribution >= 4 is 5.97 Å². The van der Waals surface area contributed by atoms with Gasteiger partial charge in [-0.05, 0) is 11.6 Å². The van der Waals surface area contributed by atoms with Crippen LogP contribution in [0.2, 0.25) is 0 Å². The Balaban J connectivity index is 3.10. The molecule has 7 heteroatoms. The largest absolute Gasteiger partial charge is 0.481 e. The minimum absolute atomic E-state index is 0.0635. The average molecular weight is 251 g/mol. The van der Waals surface area contributed by atoms with Crippen molar-refractivity contribution in [3.63, 3.8) is 0 Å². The first-order chi connectivity index (χ1) is 7.71. The van der Waals surface area contributed by atoms with Gasteiger partial charge in [0.1, 0.15) is 11.9 Å². The second-order valence-electron chi connectivity index (χ2n) is 3.45. The van der Waals surface area contributed by atoms with E-state index < -0.39 is 36.0 Å². The summed E-state index contributed by atoms with van der Waals surface area (Å²) in [5.41, 5.74) is 4.17. The van der Waals surface area contributed by atoms with Gasteiger partial charge in [0.2, 0.25) is 0 Å². The minimum Gasteiger partial charge on any atom is -0.481 e. The highest BCUT2D eigenvalue weighted by Crippen LogP contribution is 2.32. The zero-order valence-electron chi connectivity index (χ0n) is 8.46. The molecule has 1 aromatic carbocycles. The van der Waals surface area contributed by atoms with Crippen molar-refractivity contribution in [2.24, 2.45) is 5.73 Å². The van der Waals surface area contributed by atoms with E-state index in [2.05, 4.69) is 0 Å². The van der Waals surface area contributed by atoms with Gasteiger partial charge >= 0.3 is 12.1 Å². The third kappa shape index (κ3) is 3.42. The Kier molecular flexibility index (Phi) is 3.72. The molecule has 0 bridgehead atoms. The number of carboxylic acids is 1. The fourth-order valence-corrected chi connectivity index (χ4v) is 1.29. The summed E-state index contributed by atoms with van der Waals surface area (Å²) >= 11 is 0. The summed E-state index contributed by atoms with van der Waals surface area (Å²) in [6.45, 7) is 0. The van der Waals surface area contributed by atoms with Crippen LogP contribution in [-0.2, 0) is 11.2 Å². The van der Waals surface area contributed by atoms with Crippen LogP contribution < -0.4 is 5.73 Å². The Bertz CT molecular complexity index is 431. The number of halogens is 4. The second-order valence-corrected chi connectivity index (χ2v) is 3.45. The van der Waals surface area contributed by atoms with Gasteiger partial charge in [0.25, 0.3) is 0 Å². The molecule has 0 fully saturated rings. The maximum atomic E-state index is 13.2. The number of benzene rings is 1. The maximum absolute atomic E-state index is 13.2. The van der Waals surface area contributed by atoms with Gasteiger partial charge in [0.15, 0.2) is 0 Å². The molecule has 0 aliphatic carbocycles. The van der Waals surface area contributed by atoms with Crippen LogP contribution >= 0.6 is 0 Å². The molecular formula is C10H9F4NO2. The Morgan fingerprint density at radius 1 is 1.41 bits per heavy atom. The van der Waals surface area contributed by atoms with Crippen LogP contribution in [0.25, 0.3) is 0 Å². The van der Waals surface area contributed by atoms with Gasteiger partial charge in [0.05, 0.1) is 6.42 Å². The molecular weight excluding hydrogens is 242 g/mol. The summed E-state index contributed by atoms with van der Waals surface area (Å²) < 4.78 is 50.1. The summed E-state index contributed by atoms with van der Waals surface area (Å²) in [5, 5.41) is 8.48. The van der Waals surface area contributed by atoms with E-state index >= 15 is 0 Å². The van der Waals surface area contributed by atoms with E-state index in [0.717, 1.165) is 18.2 Å². The zero-order chi connectivity index (χ0) is 13.2. The molecule has 0 aliphatic heterocycles. The Morgan fingerprint density at radius 3 is 2.47 bits per heavy atom. The van der Waals surface area contributed by atoms with E-state index in [-0.39, 0.29) is 5.56 Å². The molecule has 0 aromatic heterocycles. The monoisotopic (exact) mass is 251 g/mol. The lowest BCUT2D eigenvalue weighted by molar-refractivity contribution is -0.149. The highest BCUT2D eigenvalue weighted by atomic mass is 19.4. The molecule has 17 heavy (non-hydrogen) atoms. The number of rotatable bonds is 3. The number of hydrogen-bond acceptors (Lipinski definition) is 2. The van der Waals surface area contributed by atoms with E-state index in [1.54, 1.807) is 0 Å². The van der Waals surface area contributed by atoms with Crippen LogP contribution in [0, 0.1) is 5.82 Å². The third-order valence-electron chi connectivity index (χ3n) is 2.10. The molecule has 0 heterocycles. The smallest absolute Gasteiger partial charge is 0.407 e. The molecule has 0 radical (unpaired) electrons. The lowest BCUT2D eigenvalue weighted by atomic mass is 10.0. The molecule has 1 aromatic rings. The van der Waals surface area contributed by atoms with Gasteiger partial charge in [-0.25, -0.2) is 4.39 Å². The highest BCUT2D eigenvalue weighted by molar-refractivity contribution is 5.70. The standard InChI is InChI=1S/C10H9F4NO2/c11-7-2-1-5(4-8(16)17)3-6(7)9(15)10(12,13)14/h1-3,9H,4,15H2,(H,16,17)/t9-/m0/s1. The third-order valence-corrected chi connectivity index (χ3v) is 2.10. The van der Waals surface area contributed by atoms with Crippen LogP contribution in [0.15, 0.2) is 18.2 Å². The summed E-state index contributed by atoms with van der Waals surface area (Å²) in [6.07, 6.45) is -5.26. The molecule has 0 saturated carbocycles. The molecule has 1 rings (SSSR count). The van der Waals surface area contributed by atoms with Crippen LogP contribution in [0.4, 0.5) is 17.6 Å². The highest BCUT2D eigenvalue weighted by Gasteiger charge is 2.39. The average Bonchev–Trinajstić information content (AvgIpc) is 2.18. The summed E-state index contributed by atoms with van der Waals surface area (Å²) in [4.78, 5) is 10.4. The van der Waals surface area contributed by atoms with Gasteiger partial charge in [-0.3, -0.25) is 4.79 Å². The van der Waals surface area contributed by atoms with Gasteiger partial charge in [-0.2, -0.15) is 13.2 Å². The molecule has 0 saturated heterocycles. The lowest BCUT2D eigenvalue weighted by Crippen LogP contribution is -2.29. The van der Waals surface area contributed by atoms with Crippen LogP contribution in [0.1, 0.15) is 17.2 Å². The van der Waals surface area contributed by atoms with Gasteiger partial charge in [0, 0.05) is 5.56 Å². The minimum atomic E-state index is -4.78. The molecule has 0 spiro atoms. The number of nitrogens with two attached hydrogens (primary N) is 1. The topological polar surface area (TPSA) is 63.3 Å². The van der Waals surface area contributed by atoms with Gasteiger partial charge in [-0.1, -0.05) is 12.1 Å². The molecule has 0 unspecified atom stereocenters. The summed E-state index contributed by atoms with van der Waals surface area (Å²) in [6, 6.07) is 0.243. The van der Waals surface area contributed by atoms with E-state index in [1.807, 2.05) is 0 Å². The normalized spacial score (nSPS) is 13.5. The van der Waals surface area contributed by atoms with Crippen molar-refractivity contribution in [2.75, 3.05) is 0 Å². The lowest BCUT2D eigenvalue weighted by Gasteiger charge is -2.17. The predicted octanol–water partition coefficient (Wildman–Crippen LogP) is 2.01. The first kappa shape index (κ1) is 13.4. The van der Waals surface area contributed by atoms with Crippen molar-refractivity contribution < 1.29 is 27.5 Å². The molecule has 1 atom stereocenters. The van der Waals surface area contributed by atoms with Crippen LogP contribution in [0.5, 0.6) is 0 Å². The van der Waals surface area contributed by atoms with Crippen LogP contribution in [-0.4, -0.2) is 17.3 Å². The number of hydrogen-bond donors (Lipinski definition) is 2. The fourth-order valence-electron chi connectivity index (χ4n) is 1.29. The van der Waals surface area contributed by atoms with E-state index in [4.69, 9.17) is 10.8 Å². The van der Waals surface area contributed by atoms with Gasteiger partial charge < -0.3 is 10.8 Å². The number of carboxylic acid groups (broad SMARTS) is 1. The Morgan fingerprint density at radius 2 is 2.00 bits per heavy atom. The van der Waals surface area contributed by atoms with E-state index in [9.17, 15) is 22.4 Å². The SMILES string of the molecule is N[C@@H](c1cc(CC(=O)O)ccc1F)C(F)(F)F. The zero-order valence-corrected chi connectivity index (χ0v) is 8.46. The molecule has 3 N–H and O–H groups in total. The van der Waals surface area contributed by atoms with Crippen LogP contribution in [0.3, 0.4) is 0 Å².